The van der Waals surface area contributed by atoms with Crippen molar-refractivity contribution < 1.29 is 27.9 Å². The molecule has 27 heavy (non-hydrogen) atoms. The van der Waals surface area contributed by atoms with Crippen LogP contribution in [-0.2, 0) is 17.8 Å². The van der Waals surface area contributed by atoms with Gasteiger partial charge in [0, 0.05) is 16.9 Å². The number of nitrogens with one attached hydrogen (secondary N) is 1. The van der Waals surface area contributed by atoms with Crippen molar-refractivity contribution in [3.05, 3.63) is 45.8 Å². The zero-order chi connectivity index (χ0) is 20.5. The molecular weight excluding hydrogens is 363 g/mol. The van der Waals surface area contributed by atoms with Crippen LogP contribution in [0.25, 0.3) is 0 Å². The summed E-state index contributed by atoms with van der Waals surface area (Å²) in [4.78, 5) is 23.6. The van der Waals surface area contributed by atoms with E-state index in [1.807, 2.05) is 0 Å². The lowest BCUT2D eigenvalue weighted by Gasteiger charge is -2.12. The van der Waals surface area contributed by atoms with Crippen molar-refractivity contribution in [2.45, 2.75) is 46.8 Å². The Bertz CT molecular complexity index is 901. The Morgan fingerprint density at radius 3 is 2.33 bits per heavy atom. The van der Waals surface area contributed by atoms with Crippen LogP contribution in [0.2, 0.25) is 0 Å². The highest BCUT2D eigenvalue weighted by atomic mass is 19.4. The number of nitrogens with zero attached hydrogens (tertiary/aromatic N) is 2. The van der Waals surface area contributed by atoms with Crippen LogP contribution in [-0.4, -0.2) is 32.9 Å². The number of benzene rings is 1. The molecule has 0 radical (unpaired) electrons. The Morgan fingerprint density at radius 2 is 1.78 bits per heavy atom. The molecule has 2 rings (SSSR count). The van der Waals surface area contributed by atoms with Gasteiger partial charge < -0.3 is 10.4 Å². The SMILES string of the molecule is Cc1cc(C)c(C(=O)O)cc1NC(=O)Cc1c(C)nn(CC(F)(F)F)c1C. The summed E-state index contributed by atoms with van der Waals surface area (Å²) in [5, 5.41) is 15.7. The fourth-order valence-electron chi connectivity index (χ4n) is 2.89. The van der Waals surface area contributed by atoms with Gasteiger partial charge in [0.1, 0.15) is 6.54 Å². The molecule has 0 aliphatic carbocycles. The Morgan fingerprint density at radius 1 is 1.15 bits per heavy atom. The second kappa shape index (κ2) is 7.42. The van der Waals surface area contributed by atoms with E-state index in [0.717, 1.165) is 4.68 Å². The normalized spacial score (nSPS) is 11.5. The van der Waals surface area contributed by atoms with Gasteiger partial charge >= 0.3 is 12.1 Å². The van der Waals surface area contributed by atoms with Crippen LogP contribution in [0.3, 0.4) is 0 Å². The number of carboxylic acid groups (broad SMARTS) is 1. The second-order valence-electron chi connectivity index (χ2n) is 6.43. The van der Waals surface area contributed by atoms with Crippen LogP contribution in [0.5, 0.6) is 0 Å². The highest BCUT2D eigenvalue weighted by Gasteiger charge is 2.30. The molecule has 0 spiro atoms. The van der Waals surface area contributed by atoms with Gasteiger partial charge in [-0.25, -0.2) is 4.79 Å². The van der Waals surface area contributed by atoms with E-state index in [9.17, 15) is 27.9 Å². The molecule has 0 atom stereocenters. The maximum Gasteiger partial charge on any atom is 0.408 e. The molecule has 0 saturated carbocycles. The first-order valence-electron chi connectivity index (χ1n) is 8.13. The van der Waals surface area contributed by atoms with Gasteiger partial charge in [0.25, 0.3) is 0 Å². The van der Waals surface area contributed by atoms with Crippen molar-refractivity contribution in [3.8, 4) is 0 Å². The minimum absolute atomic E-state index is 0.0706. The Labute approximate surface area is 154 Å². The molecule has 1 heterocycles. The summed E-state index contributed by atoms with van der Waals surface area (Å²) >= 11 is 0. The number of carbonyl (C=O) groups is 2. The lowest BCUT2D eigenvalue weighted by atomic mass is 10.0. The minimum Gasteiger partial charge on any atom is -0.478 e. The van der Waals surface area contributed by atoms with E-state index in [0.29, 0.717) is 28.1 Å². The van der Waals surface area contributed by atoms with Gasteiger partial charge in [-0.05, 0) is 44.9 Å². The molecule has 0 aliphatic rings. The number of anilines is 1. The van der Waals surface area contributed by atoms with Gasteiger partial charge in [0.15, 0.2) is 0 Å². The quantitative estimate of drug-likeness (QED) is 0.827. The number of aromatic nitrogens is 2. The zero-order valence-electron chi connectivity index (χ0n) is 15.4. The largest absolute Gasteiger partial charge is 0.478 e. The first kappa shape index (κ1) is 20.5. The van der Waals surface area contributed by atoms with Crippen LogP contribution >= 0.6 is 0 Å². The first-order chi connectivity index (χ1) is 12.4. The number of carbonyl (C=O) groups excluding carboxylic acids is 1. The molecule has 1 aromatic heterocycles. The molecule has 1 amide bonds. The standard InChI is InChI=1S/C18H20F3N3O3/c1-9-5-10(2)15(6-13(9)17(26)27)22-16(25)7-14-11(3)23-24(12(14)4)8-18(19,20)21/h5-6H,7-8H2,1-4H3,(H,22,25)(H,26,27). The van der Waals surface area contributed by atoms with E-state index in [1.165, 1.54) is 13.0 Å². The van der Waals surface area contributed by atoms with Gasteiger partial charge in [-0.1, -0.05) is 6.07 Å². The number of carboxylic acids is 1. The third kappa shape index (κ3) is 4.87. The Hall–Kier alpha value is -2.84. The number of hydrogen-bond acceptors (Lipinski definition) is 3. The predicted octanol–water partition coefficient (Wildman–Crippen LogP) is 3.56. The van der Waals surface area contributed by atoms with E-state index in [4.69, 9.17) is 0 Å². The summed E-state index contributed by atoms with van der Waals surface area (Å²) in [5.41, 5.74) is 2.71. The second-order valence-corrected chi connectivity index (χ2v) is 6.43. The summed E-state index contributed by atoms with van der Waals surface area (Å²) in [6.45, 7) is 5.19. The number of aryl methyl sites for hydroxylation is 3. The number of halogens is 3. The molecule has 2 aromatic rings. The maximum atomic E-state index is 12.6. The predicted molar refractivity (Wildman–Crippen MR) is 93.0 cm³/mol. The first-order valence-corrected chi connectivity index (χ1v) is 8.13. The number of hydrogen-bond donors (Lipinski definition) is 2. The number of rotatable bonds is 5. The topological polar surface area (TPSA) is 84.2 Å². The summed E-state index contributed by atoms with van der Waals surface area (Å²) in [7, 11) is 0. The summed E-state index contributed by atoms with van der Waals surface area (Å²) in [6.07, 6.45) is -4.57. The van der Waals surface area contributed by atoms with Crippen molar-refractivity contribution in [1.29, 1.82) is 0 Å². The van der Waals surface area contributed by atoms with E-state index in [2.05, 4.69) is 10.4 Å². The lowest BCUT2D eigenvalue weighted by molar-refractivity contribution is -0.143. The van der Waals surface area contributed by atoms with Gasteiger partial charge in [0.05, 0.1) is 17.7 Å². The third-order valence-electron chi connectivity index (χ3n) is 4.27. The van der Waals surface area contributed by atoms with Gasteiger partial charge in [-0.2, -0.15) is 18.3 Å². The smallest absolute Gasteiger partial charge is 0.408 e. The van der Waals surface area contributed by atoms with E-state index in [-0.39, 0.29) is 17.7 Å². The summed E-state index contributed by atoms with van der Waals surface area (Å²) in [6, 6.07) is 3.02. The monoisotopic (exact) mass is 383 g/mol. The minimum atomic E-state index is -4.41. The molecular formula is C18H20F3N3O3. The average Bonchev–Trinajstić information content (AvgIpc) is 2.75. The summed E-state index contributed by atoms with van der Waals surface area (Å²) in [5.74, 6) is -1.57. The zero-order valence-corrected chi connectivity index (χ0v) is 15.4. The fraction of sp³-hybridized carbons (Fsp3) is 0.389. The van der Waals surface area contributed by atoms with Crippen molar-refractivity contribution >= 4 is 17.6 Å². The molecule has 2 N–H and O–H groups in total. The van der Waals surface area contributed by atoms with Crippen LogP contribution in [0, 0.1) is 27.7 Å². The fourth-order valence-corrected chi connectivity index (χ4v) is 2.89. The number of aromatic carboxylic acids is 1. The Kier molecular flexibility index (Phi) is 5.62. The molecule has 1 aromatic carbocycles. The van der Waals surface area contributed by atoms with Crippen molar-refractivity contribution in [2.24, 2.45) is 0 Å². The number of amides is 1. The molecule has 9 heteroatoms. The van der Waals surface area contributed by atoms with Gasteiger partial charge in [-0.15, -0.1) is 0 Å². The number of alkyl halides is 3. The van der Waals surface area contributed by atoms with Crippen molar-refractivity contribution in [2.75, 3.05) is 5.32 Å². The maximum absolute atomic E-state index is 12.6. The highest BCUT2D eigenvalue weighted by molar-refractivity contribution is 5.96. The van der Waals surface area contributed by atoms with Gasteiger partial charge in [-0.3, -0.25) is 9.48 Å². The van der Waals surface area contributed by atoms with E-state index >= 15 is 0 Å². The molecule has 0 bridgehead atoms. The highest BCUT2D eigenvalue weighted by Crippen LogP contribution is 2.23. The molecule has 146 valence electrons. The van der Waals surface area contributed by atoms with Crippen molar-refractivity contribution in [1.82, 2.24) is 9.78 Å². The van der Waals surface area contributed by atoms with Crippen LogP contribution < -0.4 is 5.32 Å². The van der Waals surface area contributed by atoms with E-state index < -0.39 is 24.6 Å². The average molecular weight is 383 g/mol. The van der Waals surface area contributed by atoms with Crippen LogP contribution in [0.15, 0.2) is 12.1 Å². The molecule has 0 saturated heterocycles. The van der Waals surface area contributed by atoms with Gasteiger partial charge in [0.2, 0.25) is 5.91 Å². The lowest BCUT2D eigenvalue weighted by Crippen LogP contribution is -2.20. The molecule has 0 aliphatic heterocycles. The van der Waals surface area contributed by atoms with E-state index in [1.54, 1.807) is 26.8 Å². The third-order valence-corrected chi connectivity index (χ3v) is 4.27. The Balaban J connectivity index is 2.22. The molecule has 0 unspecified atom stereocenters. The van der Waals surface area contributed by atoms with Crippen molar-refractivity contribution in [3.63, 3.8) is 0 Å². The van der Waals surface area contributed by atoms with Crippen LogP contribution in [0.1, 0.15) is 38.4 Å². The molecule has 0 fully saturated rings. The van der Waals surface area contributed by atoms with Crippen LogP contribution in [0.4, 0.5) is 18.9 Å². The summed E-state index contributed by atoms with van der Waals surface area (Å²) < 4.78 is 38.6. The molecule has 6 nitrogen and oxygen atoms in total.